The van der Waals surface area contributed by atoms with Crippen molar-refractivity contribution in [3.05, 3.63) is 28.8 Å². The van der Waals surface area contributed by atoms with Gasteiger partial charge in [-0.25, -0.2) is 4.98 Å². The number of aliphatic carboxylic acids is 1. The Bertz CT molecular complexity index is 879. The molecule has 1 saturated heterocycles. The van der Waals surface area contributed by atoms with Crippen LogP contribution in [0.4, 0.5) is 0 Å². The molecule has 2 aromatic rings. The van der Waals surface area contributed by atoms with Crippen LogP contribution in [0.1, 0.15) is 28.7 Å². The van der Waals surface area contributed by atoms with E-state index in [0.29, 0.717) is 40.0 Å². The number of ether oxygens (including phenoxy) is 2. The lowest BCUT2D eigenvalue weighted by Gasteiger charge is -2.22. The molecule has 1 aromatic heterocycles. The first-order valence-corrected chi connectivity index (χ1v) is 9.42. The van der Waals surface area contributed by atoms with Gasteiger partial charge < -0.3 is 19.5 Å². The minimum Gasteiger partial charge on any atom is -0.493 e. The van der Waals surface area contributed by atoms with Crippen molar-refractivity contribution in [1.82, 2.24) is 9.88 Å². The number of likely N-dealkylation sites (tertiary alicyclic amines) is 1. The van der Waals surface area contributed by atoms with Crippen LogP contribution in [0.5, 0.6) is 11.5 Å². The summed E-state index contributed by atoms with van der Waals surface area (Å²) in [5, 5.41) is 9.99. The van der Waals surface area contributed by atoms with Gasteiger partial charge in [0, 0.05) is 18.2 Å². The maximum atomic E-state index is 13.0. The number of hydrogen-bond donors (Lipinski definition) is 1. The van der Waals surface area contributed by atoms with Crippen molar-refractivity contribution >= 4 is 23.2 Å². The van der Waals surface area contributed by atoms with Crippen molar-refractivity contribution in [2.75, 3.05) is 20.8 Å². The molecule has 0 bridgehead atoms. The molecule has 1 aromatic carbocycles. The summed E-state index contributed by atoms with van der Waals surface area (Å²) in [6.07, 6.45) is 0.475. The monoisotopic (exact) mass is 390 g/mol. The minimum absolute atomic E-state index is 0.159. The summed E-state index contributed by atoms with van der Waals surface area (Å²) < 4.78 is 10.6. The van der Waals surface area contributed by atoms with Crippen LogP contribution in [-0.4, -0.2) is 53.7 Å². The van der Waals surface area contributed by atoms with E-state index in [1.807, 2.05) is 12.1 Å². The van der Waals surface area contributed by atoms with Crippen molar-refractivity contribution < 1.29 is 24.2 Å². The summed E-state index contributed by atoms with van der Waals surface area (Å²) in [5.74, 6) is -0.324. The topological polar surface area (TPSA) is 89.0 Å². The Balaban J connectivity index is 1.89. The largest absolute Gasteiger partial charge is 0.493 e. The van der Waals surface area contributed by atoms with Gasteiger partial charge in [-0.3, -0.25) is 9.59 Å². The van der Waals surface area contributed by atoms with Crippen LogP contribution in [0.25, 0.3) is 10.6 Å². The van der Waals surface area contributed by atoms with Gasteiger partial charge in [-0.1, -0.05) is 0 Å². The van der Waals surface area contributed by atoms with E-state index in [1.54, 1.807) is 39.0 Å². The third-order valence-corrected chi connectivity index (χ3v) is 6.15. The molecule has 2 unspecified atom stereocenters. The standard InChI is InChI=1S/C19H22N2O5S/c1-10-16(18(22)21-8-7-13(11(21)2)19(23)24)27-17(20-10)12-5-6-14(25-3)15(9-12)26-4/h5-6,9,11,13H,7-8H2,1-4H3,(H,23,24). The van der Waals surface area contributed by atoms with E-state index in [-0.39, 0.29) is 11.9 Å². The number of nitrogens with zero attached hydrogens (tertiary/aromatic N) is 2. The second-order valence-electron chi connectivity index (χ2n) is 6.48. The third-order valence-electron chi connectivity index (χ3n) is 4.95. The number of aryl methyl sites for hydroxylation is 1. The third kappa shape index (κ3) is 3.49. The highest BCUT2D eigenvalue weighted by atomic mass is 32.1. The van der Waals surface area contributed by atoms with Gasteiger partial charge in [0.1, 0.15) is 9.88 Å². The number of carbonyl (C=O) groups excluding carboxylic acids is 1. The molecule has 2 heterocycles. The molecule has 1 N–H and O–H groups in total. The summed E-state index contributed by atoms with van der Waals surface area (Å²) in [6, 6.07) is 5.16. The van der Waals surface area contributed by atoms with Gasteiger partial charge in [-0.2, -0.15) is 0 Å². The maximum Gasteiger partial charge on any atom is 0.308 e. The second kappa shape index (κ2) is 7.56. The molecule has 3 rings (SSSR count). The number of aromatic nitrogens is 1. The fourth-order valence-corrected chi connectivity index (χ4v) is 4.39. The van der Waals surface area contributed by atoms with Gasteiger partial charge in [0.2, 0.25) is 0 Å². The van der Waals surface area contributed by atoms with Gasteiger partial charge in [0.25, 0.3) is 5.91 Å². The van der Waals surface area contributed by atoms with Gasteiger partial charge in [0.15, 0.2) is 11.5 Å². The van der Waals surface area contributed by atoms with E-state index in [4.69, 9.17) is 9.47 Å². The number of hydrogen-bond acceptors (Lipinski definition) is 6. The quantitative estimate of drug-likeness (QED) is 0.844. The van der Waals surface area contributed by atoms with Crippen LogP contribution in [-0.2, 0) is 4.79 Å². The summed E-state index contributed by atoms with van der Waals surface area (Å²) in [4.78, 5) is 31.0. The van der Waals surface area contributed by atoms with Crippen molar-refractivity contribution in [3.63, 3.8) is 0 Å². The molecule has 1 aliphatic rings. The number of carboxylic acid groups (broad SMARTS) is 1. The second-order valence-corrected chi connectivity index (χ2v) is 7.47. The highest BCUT2D eigenvalue weighted by molar-refractivity contribution is 7.17. The average Bonchev–Trinajstić information content (AvgIpc) is 3.23. The summed E-state index contributed by atoms with van der Waals surface area (Å²) in [6.45, 7) is 4.03. The lowest BCUT2D eigenvalue weighted by Crippen LogP contribution is -2.37. The number of carbonyl (C=O) groups is 2. The molecule has 0 radical (unpaired) electrons. The number of thiazole rings is 1. The normalized spacial score (nSPS) is 19.2. The molecule has 27 heavy (non-hydrogen) atoms. The zero-order valence-electron chi connectivity index (χ0n) is 15.7. The van der Waals surface area contributed by atoms with Crippen LogP contribution in [0, 0.1) is 12.8 Å². The Hall–Kier alpha value is -2.61. The van der Waals surface area contributed by atoms with Gasteiger partial charge >= 0.3 is 5.97 Å². The maximum absolute atomic E-state index is 13.0. The summed E-state index contributed by atoms with van der Waals surface area (Å²) in [5.41, 5.74) is 1.47. The van der Waals surface area contributed by atoms with Gasteiger partial charge in [0.05, 0.1) is 25.8 Å². The van der Waals surface area contributed by atoms with E-state index < -0.39 is 11.9 Å². The Morgan fingerprint density at radius 3 is 2.56 bits per heavy atom. The molecule has 1 fully saturated rings. The minimum atomic E-state index is -0.857. The van der Waals surface area contributed by atoms with Crippen molar-refractivity contribution in [1.29, 1.82) is 0 Å². The van der Waals surface area contributed by atoms with Gasteiger partial charge in [-0.05, 0) is 38.5 Å². The Morgan fingerprint density at radius 2 is 1.96 bits per heavy atom. The molecule has 1 amide bonds. The van der Waals surface area contributed by atoms with E-state index in [1.165, 1.54) is 11.3 Å². The molecule has 2 atom stereocenters. The van der Waals surface area contributed by atoms with Crippen molar-refractivity contribution in [2.24, 2.45) is 5.92 Å². The number of amides is 1. The van der Waals surface area contributed by atoms with Gasteiger partial charge in [-0.15, -0.1) is 11.3 Å². The number of benzene rings is 1. The molecule has 0 saturated carbocycles. The van der Waals surface area contributed by atoms with Crippen molar-refractivity contribution in [3.8, 4) is 22.1 Å². The first-order chi connectivity index (χ1) is 12.9. The molecule has 1 aliphatic heterocycles. The molecular formula is C19H22N2O5S. The molecular weight excluding hydrogens is 368 g/mol. The first kappa shape index (κ1) is 19.2. The zero-order chi connectivity index (χ0) is 19.7. The Labute approximate surface area is 161 Å². The Morgan fingerprint density at radius 1 is 1.26 bits per heavy atom. The van der Waals surface area contributed by atoms with Crippen LogP contribution >= 0.6 is 11.3 Å². The van der Waals surface area contributed by atoms with Crippen LogP contribution in [0.2, 0.25) is 0 Å². The number of rotatable bonds is 5. The molecule has 0 aliphatic carbocycles. The van der Waals surface area contributed by atoms with E-state index in [2.05, 4.69) is 4.98 Å². The van der Waals surface area contributed by atoms with Crippen LogP contribution < -0.4 is 9.47 Å². The summed E-state index contributed by atoms with van der Waals surface area (Å²) in [7, 11) is 3.14. The molecule has 8 heteroatoms. The first-order valence-electron chi connectivity index (χ1n) is 8.61. The smallest absolute Gasteiger partial charge is 0.308 e. The van der Waals surface area contributed by atoms with E-state index >= 15 is 0 Å². The lowest BCUT2D eigenvalue weighted by molar-refractivity contribution is -0.142. The Kier molecular flexibility index (Phi) is 5.36. The van der Waals surface area contributed by atoms with Crippen LogP contribution in [0.15, 0.2) is 18.2 Å². The fourth-order valence-electron chi connectivity index (χ4n) is 3.37. The van der Waals surface area contributed by atoms with Crippen LogP contribution in [0.3, 0.4) is 0 Å². The van der Waals surface area contributed by atoms with E-state index in [9.17, 15) is 14.7 Å². The summed E-state index contributed by atoms with van der Waals surface area (Å²) >= 11 is 1.31. The SMILES string of the molecule is COc1ccc(-c2nc(C)c(C(=O)N3CCC(C(=O)O)C3C)s2)cc1OC. The fraction of sp³-hybridized carbons (Fsp3) is 0.421. The molecule has 7 nitrogen and oxygen atoms in total. The highest BCUT2D eigenvalue weighted by Gasteiger charge is 2.39. The van der Waals surface area contributed by atoms with Crippen molar-refractivity contribution in [2.45, 2.75) is 26.3 Å². The molecule has 144 valence electrons. The number of methoxy groups -OCH3 is 2. The number of carboxylic acids is 1. The predicted molar refractivity (Wildman–Crippen MR) is 102 cm³/mol. The molecule has 0 spiro atoms. The zero-order valence-corrected chi connectivity index (χ0v) is 16.5. The predicted octanol–water partition coefficient (Wildman–Crippen LogP) is 3.07. The lowest BCUT2D eigenvalue weighted by atomic mass is 10.0. The average molecular weight is 390 g/mol. The highest BCUT2D eigenvalue weighted by Crippen LogP contribution is 2.36. The van der Waals surface area contributed by atoms with E-state index in [0.717, 1.165) is 5.56 Å².